The van der Waals surface area contributed by atoms with E-state index in [1.54, 1.807) is 6.33 Å². The topological polar surface area (TPSA) is 75.3 Å². The van der Waals surface area contributed by atoms with Crippen LogP contribution in [0.3, 0.4) is 0 Å². The third-order valence-electron chi connectivity index (χ3n) is 5.82. The van der Waals surface area contributed by atoms with Crippen LogP contribution in [-0.2, 0) is 4.74 Å². The van der Waals surface area contributed by atoms with E-state index in [-0.39, 0.29) is 24.3 Å². The van der Waals surface area contributed by atoms with Crippen LogP contribution in [0.5, 0.6) is 5.75 Å². The zero-order chi connectivity index (χ0) is 20.0. The molecule has 152 valence electrons. The zero-order valence-electron chi connectivity index (χ0n) is 17.1. The SMILES string of the molecule is Cc1cc2c(NC3c4ccccc4OCC3N3CC(C)OC(C)C3)ncnc2[nH]1. The lowest BCUT2D eigenvalue weighted by Crippen LogP contribution is -2.55. The number of fused-ring (bicyclic) bond motifs is 2. The molecule has 0 radical (unpaired) electrons. The van der Waals surface area contributed by atoms with Gasteiger partial charge in [0, 0.05) is 24.3 Å². The number of benzene rings is 1. The first-order valence-electron chi connectivity index (χ1n) is 10.3. The van der Waals surface area contributed by atoms with Crippen molar-refractivity contribution in [2.45, 2.75) is 45.1 Å². The van der Waals surface area contributed by atoms with Crippen LogP contribution in [-0.4, -0.2) is 57.8 Å². The van der Waals surface area contributed by atoms with Crippen LogP contribution in [0.4, 0.5) is 5.82 Å². The summed E-state index contributed by atoms with van der Waals surface area (Å²) in [6.45, 7) is 8.73. The van der Waals surface area contributed by atoms with E-state index in [1.165, 1.54) is 0 Å². The summed E-state index contributed by atoms with van der Waals surface area (Å²) in [7, 11) is 0. The van der Waals surface area contributed by atoms with Crippen molar-refractivity contribution in [1.29, 1.82) is 0 Å². The fourth-order valence-corrected chi connectivity index (χ4v) is 4.66. The number of morpholine rings is 1. The summed E-state index contributed by atoms with van der Waals surface area (Å²) in [5.74, 6) is 1.78. The van der Waals surface area contributed by atoms with Gasteiger partial charge in [-0.1, -0.05) is 18.2 Å². The number of aromatic amines is 1. The van der Waals surface area contributed by atoms with Crippen molar-refractivity contribution in [2.24, 2.45) is 0 Å². The number of nitrogens with one attached hydrogen (secondary N) is 2. The Morgan fingerprint density at radius 3 is 2.76 bits per heavy atom. The van der Waals surface area contributed by atoms with Gasteiger partial charge in [-0.05, 0) is 32.9 Å². The molecule has 5 rings (SSSR count). The van der Waals surface area contributed by atoms with Gasteiger partial charge < -0.3 is 19.8 Å². The van der Waals surface area contributed by atoms with Crippen LogP contribution in [0.15, 0.2) is 36.7 Å². The molecule has 0 bridgehead atoms. The Bertz CT molecular complexity index is 1010. The molecule has 7 heteroatoms. The van der Waals surface area contributed by atoms with Gasteiger partial charge in [0.2, 0.25) is 0 Å². The number of anilines is 1. The summed E-state index contributed by atoms with van der Waals surface area (Å²) in [5, 5.41) is 4.75. The highest BCUT2D eigenvalue weighted by Crippen LogP contribution is 2.38. The first kappa shape index (κ1) is 18.4. The molecule has 3 aromatic rings. The van der Waals surface area contributed by atoms with Gasteiger partial charge in [0.1, 0.15) is 30.1 Å². The quantitative estimate of drug-likeness (QED) is 0.711. The van der Waals surface area contributed by atoms with Crippen molar-refractivity contribution in [3.05, 3.63) is 47.9 Å². The molecule has 1 fully saturated rings. The smallest absolute Gasteiger partial charge is 0.143 e. The molecule has 1 aromatic carbocycles. The third kappa shape index (κ3) is 3.45. The Morgan fingerprint density at radius 2 is 1.93 bits per heavy atom. The van der Waals surface area contributed by atoms with Crippen molar-refractivity contribution in [2.75, 3.05) is 25.0 Å². The molecule has 0 aliphatic carbocycles. The number of aromatic nitrogens is 3. The first-order chi connectivity index (χ1) is 14.1. The van der Waals surface area contributed by atoms with Gasteiger partial charge in [-0.2, -0.15) is 0 Å². The standard InChI is InChI=1S/C22H27N5O2/c1-13-8-17-21(25-13)23-12-24-22(17)26-20-16-6-4-5-7-19(16)28-11-18(20)27-9-14(2)29-15(3)10-27/h4-8,12,14-15,18,20H,9-11H2,1-3H3,(H2,23,24,25,26). The molecule has 4 heterocycles. The molecule has 7 nitrogen and oxygen atoms in total. The summed E-state index contributed by atoms with van der Waals surface area (Å²) in [4.78, 5) is 14.7. The van der Waals surface area contributed by atoms with Gasteiger partial charge in [0.25, 0.3) is 0 Å². The molecule has 1 saturated heterocycles. The molecule has 2 aromatic heterocycles. The van der Waals surface area contributed by atoms with Gasteiger partial charge >= 0.3 is 0 Å². The van der Waals surface area contributed by atoms with Crippen LogP contribution in [0.25, 0.3) is 11.0 Å². The second-order valence-electron chi connectivity index (χ2n) is 8.19. The summed E-state index contributed by atoms with van der Waals surface area (Å²) in [5.41, 5.74) is 3.09. The highest BCUT2D eigenvalue weighted by atomic mass is 16.5. The van der Waals surface area contributed by atoms with Crippen LogP contribution < -0.4 is 10.1 Å². The fraction of sp³-hybridized carbons (Fsp3) is 0.455. The Morgan fingerprint density at radius 1 is 1.14 bits per heavy atom. The highest BCUT2D eigenvalue weighted by Gasteiger charge is 2.38. The Hall–Kier alpha value is -2.64. The monoisotopic (exact) mass is 393 g/mol. The Labute approximate surface area is 170 Å². The summed E-state index contributed by atoms with van der Waals surface area (Å²) in [6.07, 6.45) is 2.02. The number of rotatable bonds is 3. The number of ether oxygens (including phenoxy) is 2. The molecule has 29 heavy (non-hydrogen) atoms. The van der Waals surface area contributed by atoms with Crippen molar-refractivity contribution >= 4 is 16.9 Å². The minimum absolute atomic E-state index is 0.0609. The van der Waals surface area contributed by atoms with E-state index in [0.717, 1.165) is 46.9 Å². The molecule has 4 atom stereocenters. The highest BCUT2D eigenvalue weighted by molar-refractivity contribution is 5.87. The number of nitrogens with zero attached hydrogens (tertiary/aromatic N) is 3. The van der Waals surface area contributed by atoms with Gasteiger partial charge in [0.15, 0.2) is 0 Å². The van der Waals surface area contributed by atoms with E-state index >= 15 is 0 Å². The molecule has 0 spiro atoms. The second kappa shape index (κ2) is 7.31. The van der Waals surface area contributed by atoms with E-state index in [4.69, 9.17) is 9.47 Å². The number of H-pyrrole nitrogens is 1. The minimum atomic E-state index is 0.0609. The summed E-state index contributed by atoms with van der Waals surface area (Å²) in [6, 6.07) is 10.6. The minimum Gasteiger partial charge on any atom is -0.491 e. The van der Waals surface area contributed by atoms with Gasteiger partial charge in [-0.3, -0.25) is 4.90 Å². The molecule has 2 aliphatic rings. The molecule has 2 aliphatic heterocycles. The number of para-hydroxylation sites is 1. The maximum atomic E-state index is 6.16. The van der Waals surface area contributed by atoms with Crippen molar-refractivity contribution in [3.63, 3.8) is 0 Å². The van der Waals surface area contributed by atoms with Crippen LogP contribution in [0.2, 0.25) is 0 Å². The summed E-state index contributed by atoms with van der Waals surface area (Å²) >= 11 is 0. The first-order valence-corrected chi connectivity index (χ1v) is 10.3. The van der Waals surface area contributed by atoms with E-state index in [1.807, 2.05) is 19.1 Å². The maximum absolute atomic E-state index is 6.16. The Balaban J connectivity index is 1.53. The van der Waals surface area contributed by atoms with E-state index in [9.17, 15) is 0 Å². The van der Waals surface area contributed by atoms with E-state index < -0.39 is 0 Å². The second-order valence-corrected chi connectivity index (χ2v) is 8.19. The lowest BCUT2D eigenvalue weighted by Gasteiger charge is -2.45. The predicted octanol–water partition coefficient (Wildman–Crippen LogP) is 3.29. The molecule has 0 amide bonds. The number of aryl methyl sites for hydroxylation is 1. The van der Waals surface area contributed by atoms with Crippen LogP contribution >= 0.6 is 0 Å². The largest absolute Gasteiger partial charge is 0.491 e. The third-order valence-corrected chi connectivity index (χ3v) is 5.82. The summed E-state index contributed by atoms with van der Waals surface area (Å²) < 4.78 is 12.1. The van der Waals surface area contributed by atoms with Crippen LogP contribution in [0, 0.1) is 6.92 Å². The molecule has 2 N–H and O–H groups in total. The molecular formula is C22H27N5O2. The van der Waals surface area contributed by atoms with E-state index in [0.29, 0.717) is 6.61 Å². The average molecular weight is 393 g/mol. The lowest BCUT2D eigenvalue weighted by molar-refractivity contribution is -0.0886. The molecule has 0 saturated carbocycles. The van der Waals surface area contributed by atoms with Gasteiger partial charge in [0.05, 0.1) is 29.7 Å². The van der Waals surface area contributed by atoms with Crippen molar-refractivity contribution in [3.8, 4) is 5.75 Å². The average Bonchev–Trinajstić information content (AvgIpc) is 3.08. The van der Waals surface area contributed by atoms with Crippen LogP contribution in [0.1, 0.15) is 31.1 Å². The predicted molar refractivity (Wildman–Crippen MR) is 112 cm³/mol. The fourth-order valence-electron chi connectivity index (χ4n) is 4.66. The molecule has 4 unspecified atom stereocenters. The van der Waals surface area contributed by atoms with Crippen molar-refractivity contribution < 1.29 is 9.47 Å². The normalized spacial score (nSPS) is 27.4. The lowest BCUT2D eigenvalue weighted by atomic mass is 9.94. The zero-order valence-corrected chi connectivity index (χ0v) is 17.1. The van der Waals surface area contributed by atoms with Crippen molar-refractivity contribution in [1.82, 2.24) is 19.9 Å². The number of hydrogen-bond donors (Lipinski definition) is 2. The van der Waals surface area contributed by atoms with Gasteiger partial charge in [-0.15, -0.1) is 0 Å². The number of hydrogen-bond acceptors (Lipinski definition) is 6. The van der Waals surface area contributed by atoms with Gasteiger partial charge in [-0.25, -0.2) is 9.97 Å². The van der Waals surface area contributed by atoms with E-state index in [2.05, 4.69) is 57.2 Å². The maximum Gasteiger partial charge on any atom is 0.143 e. The molecular weight excluding hydrogens is 366 g/mol. The Kier molecular flexibility index (Phi) is 4.64.